The number of nitrogens with zero attached hydrogens (tertiary/aromatic N) is 5. The van der Waals surface area contributed by atoms with Crippen LogP contribution in [-0.2, 0) is 0 Å². The van der Waals surface area contributed by atoms with Gasteiger partial charge in [0.15, 0.2) is 0 Å². The minimum absolute atomic E-state index is 0.00735. The number of benzene rings is 1. The lowest BCUT2D eigenvalue weighted by molar-refractivity contribution is 0.137. The minimum Gasteiger partial charge on any atom is -0.507 e. The summed E-state index contributed by atoms with van der Waals surface area (Å²) in [6.07, 6.45) is 9.60. The fourth-order valence-electron chi connectivity index (χ4n) is 4.45. The van der Waals surface area contributed by atoms with Gasteiger partial charge >= 0.3 is 0 Å². The van der Waals surface area contributed by atoms with Gasteiger partial charge in [0.25, 0.3) is 0 Å². The van der Waals surface area contributed by atoms with Crippen LogP contribution in [0.3, 0.4) is 0 Å². The van der Waals surface area contributed by atoms with Gasteiger partial charge in [-0.2, -0.15) is 9.49 Å². The van der Waals surface area contributed by atoms with E-state index in [-0.39, 0.29) is 5.75 Å². The van der Waals surface area contributed by atoms with E-state index in [0.29, 0.717) is 33.7 Å². The Balaban J connectivity index is 1.33. The molecule has 28 heavy (non-hydrogen) atoms. The Kier molecular flexibility index (Phi) is 3.99. The van der Waals surface area contributed by atoms with Gasteiger partial charge in [-0.05, 0) is 30.5 Å². The van der Waals surface area contributed by atoms with E-state index in [1.54, 1.807) is 18.3 Å². The summed E-state index contributed by atoms with van der Waals surface area (Å²) in [5.74, 6) is 0.0897. The monoisotopic (exact) mass is 380 g/mol. The third kappa shape index (κ3) is 2.89. The van der Waals surface area contributed by atoms with Crippen LogP contribution < -0.4 is 4.90 Å². The van der Waals surface area contributed by atoms with Crippen LogP contribution in [0.5, 0.6) is 5.75 Å². The second-order valence-corrected chi connectivity index (χ2v) is 7.89. The molecule has 1 aliphatic carbocycles. The number of phenols is 1. The molecule has 0 bridgehead atoms. The molecular formula is C20H21FN6O. The lowest BCUT2D eigenvalue weighted by Crippen LogP contribution is -2.57. The van der Waals surface area contributed by atoms with Crippen molar-refractivity contribution in [3.05, 3.63) is 36.5 Å². The first kappa shape index (κ1) is 17.1. The molecule has 2 aromatic heterocycles. The van der Waals surface area contributed by atoms with Gasteiger partial charge in [0.05, 0.1) is 18.0 Å². The summed E-state index contributed by atoms with van der Waals surface area (Å²) in [6.45, 7) is 2.01. The number of aromatic hydroxyl groups is 1. The van der Waals surface area contributed by atoms with Gasteiger partial charge in [-0.15, -0.1) is 10.2 Å². The molecule has 8 heteroatoms. The molecule has 1 saturated carbocycles. The number of anilines is 1. The van der Waals surface area contributed by atoms with Gasteiger partial charge in [-0.25, -0.2) is 4.98 Å². The molecule has 144 valence electrons. The molecule has 2 N–H and O–H groups in total. The molecule has 0 atom stereocenters. The quantitative estimate of drug-likeness (QED) is 0.722. The van der Waals surface area contributed by atoms with E-state index in [0.717, 1.165) is 13.1 Å². The number of aromatic amines is 1. The molecule has 1 saturated heterocycles. The Bertz CT molecular complexity index is 988. The second kappa shape index (κ2) is 6.54. The van der Waals surface area contributed by atoms with Crippen LogP contribution >= 0.6 is 0 Å². The maximum absolute atomic E-state index is 13.6. The van der Waals surface area contributed by atoms with Crippen LogP contribution in [0.15, 0.2) is 30.6 Å². The van der Waals surface area contributed by atoms with E-state index >= 15 is 0 Å². The Morgan fingerprint density at radius 3 is 2.50 bits per heavy atom. The lowest BCUT2D eigenvalue weighted by atomic mass is 9.69. The van der Waals surface area contributed by atoms with E-state index in [4.69, 9.17) is 0 Å². The number of aromatic nitrogens is 5. The van der Waals surface area contributed by atoms with E-state index < -0.39 is 5.95 Å². The molecule has 3 heterocycles. The molecule has 5 rings (SSSR count). The smallest absolute Gasteiger partial charge is 0.245 e. The van der Waals surface area contributed by atoms with E-state index in [2.05, 4.69) is 30.3 Å². The van der Waals surface area contributed by atoms with Crippen molar-refractivity contribution in [2.75, 3.05) is 18.0 Å². The zero-order chi connectivity index (χ0) is 19.1. The second-order valence-electron chi connectivity index (χ2n) is 7.89. The third-order valence-corrected chi connectivity index (χ3v) is 5.98. The molecule has 2 fully saturated rings. The summed E-state index contributed by atoms with van der Waals surface area (Å²) in [5, 5.41) is 24.8. The number of rotatable bonds is 3. The molecule has 0 radical (unpaired) electrons. The summed E-state index contributed by atoms with van der Waals surface area (Å²) in [4.78, 5) is 6.62. The summed E-state index contributed by atoms with van der Waals surface area (Å²) < 4.78 is 13.6. The third-order valence-electron chi connectivity index (χ3n) is 5.98. The SMILES string of the molecule is Oc1cc(-c2cn[nH]c2F)ccc1-c1cnc(N2CC3(CCCCC3)C2)nn1. The van der Waals surface area contributed by atoms with Gasteiger partial charge in [-0.3, -0.25) is 5.10 Å². The molecule has 2 aliphatic rings. The van der Waals surface area contributed by atoms with Crippen molar-refractivity contribution >= 4 is 5.95 Å². The summed E-state index contributed by atoms with van der Waals surface area (Å²) in [7, 11) is 0. The average Bonchev–Trinajstić information content (AvgIpc) is 3.13. The fraction of sp³-hybridized carbons (Fsp3) is 0.400. The Hall–Kier alpha value is -3.03. The molecule has 0 unspecified atom stereocenters. The predicted octanol–water partition coefficient (Wildman–Crippen LogP) is 3.54. The number of H-pyrrole nitrogens is 1. The number of nitrogens with one attached hydrogen (secondary N) is 1. The van der Waals surface area contributed by atoms with Crippen LogP contribution in [0.4, 0.5) is 10.3 Å². The van der Waals surface area contributed by atoms with E-state index in [9.17, 15) is 9.50 Å². The average molecular weight is 380 g/mol. The van der Waals surface area contributed by atoms with Crippen molar-refractivity contribution < 1.29 is 9.50 Å². The van der Waals surface area contributed by atoms with Crippen molar-refractivity contribution in [3.63, 3.8) is 0 Å². The van der Waals surface area contributed by atoms with Crippen LogP contribution in [0.2, 0.25) is 0 Å². The Morgan fingerprint density at radius 1 is 1.04 bits per heavy atom. The Morgan fingerprint density at radius 2 is 1.86 bits per heavy atom. The van der Waals surface area contributed by atoms with Crippen molar-refractivity contribution in [2.24, 2.45) is 5.41 Å². The van der Waals surface area contributed by atoms with Gasteiger partial charge in [0.1, 0.15) is 11.4 Å². The van der Waals surface area contributed by atoms with Crippen LogP contribution in [-0.4, -0.2) is 43.6 Å². The number of hydrogen-bond donors (Lipinski definition) is 2. The Labute approximate surface area is 161 Å². The molecule has 7 nitrogen and oxygen atoms in total. The summed E-state index contributed by atoms with van der Waals surface area (Å²) in [6, 6.07) is 4.88. The predicted molar refractivity (Wildman–Crippen MR) is 102 cm³/mol. The highest BCUT2D eigenvalue weighted by Gasteiger charge is 2.44. The maximum Gasteiger partial charge on any atom is 0.245 e. The van der Waals surface area contributed by atoms with Crippen LogP contribution in [0.25, 0.3) is 22.4 Å². The van der Waals surface area contributed by atoms with E-state index in [1.807, 2.05) is 0 Å². The first-order valence-corrected chi connectivity index (χ1v) is 9.61. The molecule has 1 aliphatic heterocycles. The number of hydrogen-bond acceptors (Lipinski definition) is 6. The largest absolute Gasteiger partial charge is 0.507 e. The molecule has 3 aromatic rings. The normalized spacial score (nSPS) is 18.2. The highest BCUT2D eigenvalue weighted by molar-refractivity contribution is 5.73. The molecule has 1 aromatic carbocycles. The van der Waals surface area contributed by atoms with Gasteiger partial charge in [0, 0.05) is 24.1 Å². The molecular weight excluding hydrogens is 359 g/mol. The standard InChI is InChI=1S/C20H21FN6O/c21-18-15(9-23-25-18)13-4-5-14(17(28)8-13)16-10-22-19(26-24-16)27-11-20(12-27)6-2-1-3-7-20/h4-5,8-10,28H,1-3,6-7,11-12H2,(H,23,25). The lowest BCUT2D eigenvalue weighted by Gasteiger charge is -2.52. The summed E-state index contributed by atoms with van der Waals surface area (Å²) >= 11 is 0. The first-order chi connectivity index (χ1) is 13.6. The van der Waals surface area contributed by atoms with E-state index in [1.165, 1.54) is 44.4 Å². The highest BCUT2D eigenvalue weighted by atomic mass is 19.1. The van der Waals surface area contributed by atoms with Gasteiger partial charge < -0.3 is 10.0 Å². The molecule has 0 amide bonds. The fourth-order valence-corrected chi connectivity index (χ4v) is 4.45. The van der Waals surface area contributed by atoms with Crippen LogP contribution in [0.1, 0.15) is 32.1 Å². The van der Waals surface area contributed by atoms with Crippen LogP contribution in [0, 0.1) is 11.4 Å². The van der Waals surface area contributed by atoms with Gasteiger partial charge in [0.2, 0.25) is 11.9 Å². The first-order valence-electron chi connectivity index (χ1n) is 9.61. The topological polar surface area (TPSA) is 90.8 Å². The zero-order valence-electron chi connectivity index (χ0n) is 15.4. The number of halogens is 1. The highest BCUT2D eigenvalue weighted by Crippen LogP contribution is 2.44. The number of phenolic OH excluding ortho intramolecular Hbond substituents is 1. The minimum atomic E-state index is -0.539. The van der Waals surface area contributed by atoms with Crippen molar-refractivity contribution in [2.45, 2.75) is 32.1 Å². The summed E-state index contributed by atoms with van der Waals surface area (Å²) in [5.41, 5.74) is 2.27. The molecule has 1 spiro atoms. The maximum atomic E-state index is 13.6. The van der Waals surface area contributed by atoms with Gasteiger partial charge in [-0.1, -0.05) is 25.3 Å². The van der Waals surface area contributed by atoms with Crippen molar-refractivity contribution in [3.8, 4) is 28.1 Å². The van der Waals surface area contributed by atoms with Crippen molar-refractivity contribution in [1.82, 2.24) is 25.4 Å². The van der Waals surface area contributed by atoms with Crippen molar-refractivity contribution in [1.29, 1.82) is 0 Å². The zero-order valence-corrected chi connectivity index (χ0v) is 15.4.